The van der Waals surface area contributed by atoms with E-state index in [2.05, 4.69) is 17.6 Å². The Kier molecular flexibility index (Phi) is 3.52. The fourth-order valence-electron chi connectivity index (χ4n) is 2.03. The molecule has 2 nitrogen and oxygen atoms in total. The minimum atomic E-state index is -0.00152. The molecule has 0 radical (unpaired) electrons. The maximum absolute atomic E-state index is 9.36. The molecule has 0 saturated heterocycles. The second-order valence-electron chi connectivity index (χ2n) is 3.95. The lowest BCUT2D eigenvalue weighted by Gasteiger charge is -2.05. The number of aromatic nitrogens is 1. The van der Waals surface area contributed by atoms with Crippen molar-refractivity contribution in [3.05, 3.63) is 35.0 Å². The Balaban J connectivity index is 2.58. The number of hydrogen-bond donors (Lipinski definition) is 1. The summed E-state index contributed by atoms with van der Waals surface area (Å²) in [6, 6.07) is 8.04. The minimum absolute atomic E-state index is 0.00152. The monoisotopic (exact) mass is 237 g/mol. The summed E-state index contributed by atoms with van der Waals surface area (Å²) in [4.78, 5) is 0. The Labute approximate surface area is 100 Å². The number of aliphatic hydroxyl groups excluding tert-OH is 1. The number of unbranched alkanes of at least 4 members (excludes halogenated alkanes) is 1. The number of para-hydroxylation sites is 1. The van der Waals surface area contributed by atoms with E-state index in [9.17, 15) is 5.11 Å². The van der Waals surface area contributed by atoms with Crippen molar-refractivity contribution in [2.75, 3.05) is 0 Å². The van der Waals surface area contributed by atoms with E-state index in [4.69, 9.17) is 11.6 Å². The SMILES string of the molecule is CCCCn1c(Cl)c(CO)c2ccccc21. The normalized spacial score (nSPS) is 11.2. The summed E-state index contributed by atoms with van der Waals surface area (Å²) in [6.45, 7) is 3.07. The van der Waals surface area contributed by atoms with Crippen molar-refractivity contribution in [2.24, 2.45) is 0 Å². The topological polar surface area (TPSA) is 25.2 Å². The van der Waals surface area contributed by atoms with Gasteiger partial charge in [-0.3, -0.25) is 0 Å². The highest BCUT2D eigenvalue weighted by Crippen LogP contribution is 2.30. The summed E-state index contributed by atoms with van der Waals surface area (Å²) >= 11 is 6.29. The largest absolute Gasteiger partial charge is 0.392 e. The van der Waals surface area contributed by atoms with Crippen LogP contribution in [-0.4, -0.2) is 9.67 Å². The van der Waals surface area contributed by atoms with Crippen LogP contribution in [0.4, 0.5) is 0 Å². The van der Waals surface area contributed by atoms with Crippen molar-refractivity contribution in [1.82, 2.24) is 4.57 Å². The zero-order valence-electron chi connectivity index (χ0n) is 9.41. The molecule has 0 unspecified atom stereocenters. The fraction of sp³-hybridized carbons (Fsp3) is 0.385. The highest BCUT2D eigenvalue weighted by Gasteiger charge is 2.13. The lowest BCUT2D eigenvalue weighted by Crippen LogP contribution is -1.97. The van der Waals surface area contributed by atoms with Crippen LogP contribution < -0.4 is 0 Å². The van der Waals surface area contributed by atoms with E-state index < -0.39 is 0 Å². The molecule has 0 amide bonds. The zero-order chi connectivity index (χ0) is 11.5. The molecule has 0 fully saturated rings. The van der Waals surface area contributed by atoms with Crippen LogP contribution in [0.25, 0.3) is 10.9 Å². The smallest absolute Gasteiger partial charge is 0.115 e. The lowest BCUT2D eigenvalue weighted by molar-refractivity contribution is 0.283. The van der Waals surface area contributed by atoms with Crippen LogP contribution in [0.5, 0.6) is 0 Å². The maximum atomic E-state index is 9.36. The quantitative estimate of drug-likeness (QED) is 0.864. The first-order valence-electron chi connectivity index (χ1n) is 5.66. The van der Waals surface area contributed by atoms with Crippen LogP contribution in [0.2, 0.25) is 5.15 Å². The second-order valence-corrected chi connectivity index (χ2v) is 4.31. The van der Waals surface area contributed by atoms with Crippen molar-refractivity contribution in [1.29, 1.82) is 0 Å². The molecular weight excluding hydrogens is 222 g/mol. The van der Waals surface area contributed by atoms with Crippen molar-refractivity contribution in [2.45, 2.75) is 32.9 Å². The summed E-state index contributed by atoms with van der Waals surface area (Å²) in [5, 5.41) is 11.1. The molecule has 0 atom stereocenters. The van der Waals surface area contributed by atoms with Gasteiger partial charge >= 0.3 is 0 Å². The first-order chi connectivity index (χ1) is 7.79. The van der Waals surface area contributed by atoms with E-state index in [-0.39, 0.29) is 6.61 Å². The number of fused-ring (bicyclic) bond motifs is 1. The fourth-order valence-corrected chi connectivity index (χ4v) is 2.37. The van der Waals surface area contributed by atoms with Crippen LogP contribution in [0.15, 0.2) is 24.3 Å². The lowest BCUT2D eigenvalue weighted by atomic mass is 10.2. The van der Waals surface area contributed by atoms with E-state index in [0.29, 0.717) is 5.15 Å². The number of benzene rings is 1. The van der Waals surface area contributed by atoms with E-state index in [1.807, 2.05) is 18.2 Å². The molecule has 0 aliphatic rings. The molecule has 0 aliphatic carbocycles. The molecule has 1 aromatic carbocycles. The molecule has 1 heterocycles. The van der Waals surface area contributed by atoms with Gasteiger partial charge in [0.25, 0.3) is 0 Å². The summed E-state index contributed by atoms with van der Waals surface area (Å²) in [5.74, 6) is 0. The Bertz CT molecular complexity index is 490. The molecule has 0 bridgehead atoms. The Hall–Kier alpha value is -0.990. The molecule has 1 N–H and O–H groups in total. The van der Waals surface area contributed by atoms with Crippen LogP contribution >= 0.6 is 11.6 Å². The molecular formula is C13H16ClNO. The third-order valence-corrected chi connectivity index (χ3v) is 3.33. The summed E-state index contributed by atoms with van der Waals surface area (Å²) in [6.07, 6.45) is 2.24. The van der Waals surface area contributed by atoms with Crippen molar-refractivity contribution >= 4 is 22.5 Å². The summed E-state index contributed by atoms with van der Waals surface area (Å²) in [7, 11) is 0. The maximum Gasteiger partial charge on any atom is 0.115 e. The Morgan fingerprint density at radius 2 is 2.06 bits per heavy atom. The van der Waals surface area contributed by atoms with Crippen LogP contribution in [0, 0.1) is 0 Å². The molecule has 2 aromatic rings. The summed E-state index contributed by atoms with van der Waals surface area (Å²) in [5.41, 5.74) is 1.96. The van der Waals surface area contributed by atoms with E-state index in [1.165, 1.54) is 0 Å². The minimum Gasteiger partial charge on any atom is -0.392 e. The number of aryl methyl sites for hydroxylation is 1. The zero-order valence-corrected chi connectivity index (χ0v) is 10.2. The standard InChI is InChI=1S/C13H16ClNO/c1-2-3-8-15-12-7-5-4-6-10(12)11(9-16)13(15)14/h4-7,16H,2-3,8-9H2,1H3. The molecule has 0 spiro atoms. The predicted octanol–water partition coefficient (Wildman–Crippen LogP) is 3.59. The highest BCUT2D eigenvalue weighted by atomic mass is 35.5. The molecule has 16 heavy (non-hydrogen) atoms. The van der Waals surface area contributed by atoms with Crippen LogP contribution in [0.1, 0.15) is 25.3 Å². The van der Waals surface area contributed by atoms with Gasteiger partial charge in [-0.2, -0.15) is 0 Å². The number of aliphatic hydroxyl groups is 1. The third kappa shape index (κ3) is 1.83. The van der Waals surface area contributed by atoms with Gasteiger partial charge in [-0.05, 0) is 12.5 Å². The molecule has 1 aromatic heterocycles. The van der Waals surface area contributed by atoms with E-state index in [0.717, 1.165) is 35.9 Å². The summed E-state index contributed by atoms with van der Waals surface area (Å²) < 4.78 is 2.09. The van der Waals surface area contributed by atoms with Crippen LogP contribution in [-0.2, 0) is 13.2 Å². The van der Waals surface area contributed by atoms with Gasteiger partial charge in [0.15, 0.2) is 0 Å². The van der Waals surface area contributed by atoms with Gasteiger partial charge in [-0.15, -0.1) is 0 Å². The molecule has 0 aliphatic heterocycles. The number of rotatable bonds is 4. The van der Waals surface area contributed by atoms with Crippen molar-refractivity contribution in [3.63, 3.8) is 0 Å². The molecule has 86 valence electrons. The van der Waals surface area contributed by atoms with Gasteiger partial charge in [-0.1, -0.05) is 43.1 Å². The average molecular weight is 238 g/mol. The van der Waals surface area contributed by atoms with Gasteiger partial charge in [0.2, 0.25) is 0 Å². The molecule has 0 saturated carbocycles. The average Bonchev–Trinajstić information content (AvgIpc) is 2.58. The first-order valence-corrected chi connectivity index (χ1v) is 6.03. The van der Waals surface area contributed by atoms with Gasteiger partial charge in [0, 0.05) is 23.0 Å². The first kappa shape index (κ1) is 11.5. The molecule has 2 rings (SSSR count). The van der Waals surface area contributed by atoms with Crippen molar-refractivity contribution in [3.8, 4) is 0 Å². The molecule has 3 heteroatoms. The predicted molar refractivity (Wildman–Crippen MR) is 67.8 cm³/mol. The number of nitrogens with zero attached hydrogens (tertiary/aromatic N) is 1. The van der Waals surface area contributed by atoms with E-state index >= 15 is 0 Å². The van der Waals surface area contributed by atoms with Crippen molar-refractivity contribution < 1.29 is 5.11 Å². The van der Waals surface area contributed by atoms with E-state index in [1.54, 1.807) is 0 Å². The Morgan fingerprint density at radius 3 is 2.75 bits per heavy atom. The second kappa shape index (κ2) is 4.89. The van der Waals surface area contributed by atoms with Gasteiger partial charge in [0.1, 0.15) is 5.15 Å². The van der Waals surface area contributed by atoms with Gasteiger partial charge in [0.05, 0.1) is 6.61 Å². The third-order valence-electron chi connectivity index (χ3n) is 2.90. The van der Waals surface area contributed by atoms with Gasteiger partial charge in [-0.25, -0.2) is 0 Å². The highest BCUT2D eigenvalue weighted by molar-refractivity contribution is 6.32. The van der Waals surface area contributed by atoms with Crippen LogP contribution in [0.3, 0.4) is 0 Å². The Morgan fingerprint density at radius 1 is 1.31 bits per heavy atom. The van der Waals surface area contributed by atoms with Gasteiger partial charge < -0.3 is 9.67 Å². The number of hydrogen-bond acceptors (Lipinski definition) is 1. The number of halogens is 1.